The van der Waals surface area contributed by atoms with E-state index in [1.807, 2.05) is 0 Å². The van der Waals surface area contributed by atoms with Gasteiger partial charge in [-0.2, -0.15) is 0 Å². The van der Waals surface area contributed by atoms with Crippen LogP contribution < -0.4 is 5.32 Å². The van der Waals surface area contributed by atoms with Crippen LogP contribution in [0.4, 0.5) is 0 Å². The zero-order valence-electron chi connectivity index (χ0n) is 10.1. The molecule has 2 unspecified atom stereocenters. The van der Waals surface area contributed by atoms with Crippen LogP contribution in [-0.2, 0) is 0 Å². The number of piperidine rings is 1. The Labute approximate surface area is 89.0 Å². The maximum absolute atomic E-state index is 3.52. The van der Waals surface area contributed by atoms with E-state index in [0.29, 0.717) is 6.04 Å². The van der Waals surface area contributed by atoms with Crippen LogP contribution in [-0.4, -0.2) is 12.6 Å². The Balaban J connectivity index is 2.36. The molecule has 1 N–H and O–H groups in total. The van der Waals surface area contributed by atoms with Gasteiger partial charge >= 0.3 is 0 Å². The summed E-state index contributed by atoms with van der Waals surface area (Å²) >= 11 is 0. The largest absolute Gasteiger partial charge is 0.311 e. The molecule has 2 atom stereocenters. The highest BCUT2D eigenvalue weighted by Crippen LogP contribution is 2.19. The smallest absolute Gasteiger partial charge is 0.0167 e. The maximum Gasteiger partial charge on any atom is 0.0167 e. The van der Waals surface area contributed by atoms with Gasteiger partial charge in [0.15, 0.2) is 0 Å². The van der Waals surface area contributed by atoms with Crippen LogP contribution >= 0.6 is 0 Å². The van der Waals surface area contributed by atoms with Crippen molar-refractivity contribution in [2.45, 2.75) is 53.0 Å². The summed E-state index contributed by atoms with van der Waals surface area (Å²) in [5, 5.41) is 3.52. The Kier molecular flexibility index (Phi) is 4.67. The van der Waals surface area contributed by atoms with E-state index in [4.69, 9.17) is 0 Å². The molecule has 1 aliphatic heterocycles. The van der Waals surface area contributed by atoms with E-state index < -0.39 is 0 Å². The van der Waals surface area contributed by atoms with E-state index in [-0.39, 0.29) is 0 Å². The highest BCUT2D eigenvalue weighted by Gasteiger charge is 2.12. The first-order valence-corrected chi connectivity index (χ1v) is 6.01. The van der Waals surface area contributed by atoms with Crippen LogP contribution in [0.15, 0.2) is 11.6 Å². The van der Waals surface area contributed by atoms with Gasteiger partial charge in [-0.3, -0.25) is 0 Å². The fourth-order valence-corrected chi connectivity index (χ4v) is 2.25. The minimum absolute atomic E-state index is 0.715. The topological polar surface area (TPSA) is 12.0 Å². The molecule has 0 amide bonds. The van der Waals surface area contributed by atoms with E-state index in [2.05, 4.69) is 39.1 Å². The summed E-state index contributed by atoms with van der Waals surface area (Å²) in [6.45, 7) is 10.3. The van der Waals surface area contributed by atoms with Crippen molar-refractivity contribution in [3.8, 4) is 0 Å². The van der Waals surface area contributed by atoms with Gasteiger partial charge in [0.05, 0.1) is 0 Å². The summed E-state index contributed by atoms with van der Waals surface area (Å²) in [6, 6.07) is 0.715. The average Bonchev–Trinajstić information content (AvgIpc) is 2.07. The summed E-state index contributed by atoms with van der Waals surface area (Å²) in [5.74, 6) is 1.57. The molecule has 0 aromatic heterocycles. The van der Waals surface area contributed by atoms with Crippen molar-refractivity contribution in [2.75, 3.05) is 6.54 Å². The molecule has 0 aromatic carbocycles. The molecule has 1 rings (SSSR count). The van der Waals surface area contributed by atoms with Crippen LogP contribution in [0.25, 0.3) is 0 Å². The molecule has 0 aromatic rings. The standard InChI is InChI=1S/C13H25N/c1-10(2)7-11(3)8-13-6-5-12(4)14-9-13/h8,10-12,14H,5-7,9H2,1-4H3/b13-8-. The summed E-state index contributed by atoms with van der Waals surface area (Å²) in [6.07, 6.45) is 6.41. The molecule has 0 bridgehead atoms. The molecular formula is C13H25N. The first kappa shape index (κ1) is 11.8. The van der Waals surface area contributed by atoms with Gasteiger partial charge in [0, 0.05) is 12.6 Å². The number of hydrogen-bond acceptors (Lipinski definition) is 1. The lowest BCUT2D eigenvalue weighted by molar-refractivity contribution is 0.469. The van der Waals surface area contributed by atoms with Crippen molar-refractivity contribution in [1.29, 1.82) is 0 Å². The van der Waals surface area contributed by atoms with Gasteiger partial charge in [0.2, 0.25) is 0 Å². The van der Waals surface area contributed by atoms with Crippen LogP contribution in [0.1, 0.15) is 47.0 Å². The second-order valence-electron chi connectivity index (χ2n) is 5.25. The first-order chi connectivity index (χ1) is 6.58. The third-order valence-corrected chi connectivity index (χ3v) is 2.94. The summed E-state index contributed by atoms with van der Waals surface area (Å²) < 4.78 is 0. The average molecular weight is 195 g/mol. The lowest BCUT2D eigenvalue weighted by Crippen LogP contribution is -2.32. The zero-order valence-corrected chi connectivity index (χ0v) is 10.1. The molecule has 0 saturated carbocycles. The third kappa shape index (κ3) is 4.28. The molecule has 1 aliphatic rings. The molecule has 1 heterocycles. The van der Waals surface area contributed by atoms with Gasteiger partial charge in [-0.15, -0.1) is 0 Å². The van der Waals surface area contributed by atoms with Gasteiger partial charge in [-0.25, -0.2) is 0 Å². The van der Waals surface area contributed by atoms with Crippen molar-refractivity contribution in [3.63, 3.8) is 0 Å². The minimum Gasteiger partial charge on any atom is -0.311 e. The number of hydrogen-bond donors (Lipinski definition) is 1. The molecule has 0 aliphatic carbocycles. The van der Waals surface area contributed by atoms with Crippen molar-refractivity contribution < 1.29 is 0 Å². The van der Waals surface area contributed by atoms with Crippen LogP contribution in [0.5, 0.6) is 0 Å². The number of rotatable bonds is 3. The Morgan fingerprint density at radius 3 is 2.64 bits per heavy atom. The molecule has 14 heavy (non-hydrogen) atoms. The number of nitrogens with one attached hydrogen (secondary N) is 1. The second kappa shape index (κ2) is 5.55. The van der Waals surface area contributed by atoms with Gasteiger partial charge in [-0.05, 0) is 38.0 Å². The predicted octanol–water partition coefficient (Wildman–Crippen LogP) is 3.37. The lowest BCUT2D eigenvalue weighted by Gasteiger charge is -2.23. The Bertz CT molecular complexity index is 183. The fraction of sp³-hybridized carbons (Fsp3) is 0.846. The van der Waals surface area contributed by atoms with Crippen molar-refractivity contribution in [3.05, 3.63) is 11.6 Å². The summed E-state index contributed by atoms with van der Waals surface area (Å²) in [7, 11) is 0. The first-order valence-electron chi connectivity index (χ1n) is 6.01. The molecule has 1 fully saturated rings. The van der Waals surface area contributed by atoms with Crippen molar-refractivity contribution in [2.24, 2.45) is 11.8 Å². The molecule has 1 saturated heterocycles. The SMILES string of the molecule is CC(C)CC(C)/C=C1/CCC(C)NC1. The Morgan fingerprint density at radius 1 is 1.43 bits per heavy atom. The quantitative estimate of drug-likeness (QED) is 0.681. The Morgan fingerprint density at radius 2 is 2.14 bits per heavy atom. The van der Waals surface area contributed by atoms with Gasteiger partial charge < -0.3 is 5.32 Å². The van der Waals surface area contributed by atoms with E-state index in [1.54, 1.807) is 5.57 Å². The molecule has 0 spiro atoms. The minimum atomic E-state index is 0.715. The highest BCUT2D eigenvalue weighted by molar-refractivity contribution is 5.09. The zero-order chi connectivity index (χ0) is 10.6. The predicted molar refractivity (Wildman–Crippen MR) is 63.4 cm³/mol. The third-order valence-electron chi connectivity index (χ3n) is 2.94. The molecule has 1 nitrogen and oxygen atoms in total. The normalized spacial score (nSPS) is 28.4. The number of allylic oxidation sites excluding steroid dienone is 1. The van der Waals surface area contributed by atoms with E-state index >= 15 is 0 Å². The molecule has 0 radical (unpaired) electrons. The van der Waals surface area contributed by atoms with Gasteiger partial charge in [0.1, 0.15) is 0 Å². The van der Waals surface area contributed by atoms with Crippen LogP contribution in [0.2, 0.25) is 0 Å². The van der Waals surface area contributed by atoms with Crippen molar-refractivity contribution in [1.82, 2.24) is 5.32 Å². The van der Waals surface area contributed by atoms with Crippen molar-refractivity contribution >= 4 is 0 Å². The molecular weight excluding hydrogens is 170 g/mol. The van der Waals surface area contributed by atoms with E-state index in [9.17, 15) is 0 Å². The summed E-state index contributed by atoms with van der Waals surface area (Å²) in [4.78, 5) is 0. The maximum atomic E-state index is 3.52. The molecule has 1 heteroatoms. The fourth-order valence-electron chi connectivity index (χ4n) is 2.25. The van der Waals surface area contributed by atoms with Gasteiger partial charge in [0.25, 0.3) is 0 Å². The van der Waals surface area contributed by atoms with Gasteiger partial charge in [-0.1, -0.05) is 32.4 Å². The van der Waals surface area contributed by atoms with E-state index in [1.165, 1.54) is 19.3 Å². The molecule has 82 valence electrons. The van der Waals surface area contributed by atoms with E-state index in [0.717, 1.165) is 18.4 Å². The highest BCUT2D eigenvalue weighted by atomic mass is 14.9. The van der Waals surface area contributed by atoms with Crippen LogP contribution in [0, 0.1) is 11.8 Å². The Hall–Kier alpha value is -0.300. The monoisotopic (exact) mass is 195 g/mol. The van der Waals surface area contributed by atoms with Crippen LogP contribution in [0.3, 0.4) is 0 Å². The lowest BCUT2D eigenvalue weighted by atomic mass is 9.93. The summed E-state index contributed by atoms with van der Waals surface area (Å²) in [5.41, 5.74) is 1.62. The second-order valence-corrected chi connectivity index (χ2v) is 5.25.